The summed E-state index contributed by atoms with van der Waals surface area (Å²) in [6.45, 7) is 4.01. The van der Waals surface area contributed by atoms with Gasteiger partial charge in [-0.2, -0.15) is 0 Å². The van der Waals surface area contributed by atoms with Gasteiger partial charge in [-0.3, -0.25) is 4.79 Å². The zero-order valence-electron chi connectivity index (χ0n) is 13.2. The molecule has 1 amide bonds. The first-order valence-corrected chi connectivity index (χ1v) is 8.16. The Morgan fingerprint density at radius 3 is 2.41 bits per heavy atom. The number of amides is 1. The van der Waals surface area contributed by atoms with E-state index in [1.54, 1.807) is 0 Å². The normalized spacial score (nSPS) is 14.3. The number of carbonyl (C=O) groups excluding carboxylic acids is 1. The fraction of sp³-hybridized carbons (Fsp3) is 0.350. The zero-order valence-corrected chi connectivity index (χ0v) is 13.2. The lowest BCUT2D eigenvalue weighted by molar-refractivity contribution is -0.130. The van der Waals surface area contributed by atoms with Crippen LogP contribution in [0.2, 0.25) is 0 Å². The van der Waals surface area contributed by atoms with Gasteiger partial charge in [0.1, 0.15) is 0 Å². The fourth-order valence-corrected chi connectivity index (χ4v) is 3.06. The number of likely N-dealkylation sites (tertiary alicyclic amines) is 1. The maximum atomic E-state index is 12.1. The van der Waals surface area contributed by atoms with Crippen LogP contribution in [0.3, 0.4) is 0 Å². The molecule has 0 N–H and O–H groups in total. The predicted octanol–water partition coefficient (Wildman–Crippen LogP) is 4.22. The summed E-state index contributed by atoms with van der Waals surface area (Å²) in [4.78, 5) is 14.1. The van der Waals surface area contributed by atoms with E-state index in [0.717, 1.165) is 32.4 Å². The molecule has 0 spiro atoms. The number of nitrogens with zero attached hydrogens (tertiary/aromatic N) is 1. The van der Waals surface area contributed by atoms with Crippen LogP contribution in [0.5, 0.6) is 0 Å². The van der Waals surface area contributed by atoms with Gasteiger partial charge in [0, 0.05) is 19.5 Å². The predicted molar refractivity (Wildman–Crippen MR) is 90.8 cm³/mol. The molecular weight excluding hydrogens is 270 g/mol. The highest BCUT2D eigenvalue weighted by Gasteiger charge is 2.17. The highest BCUT2D eigenvalue weighted by atomic mass is 16.2. The average Bonchev–Trinajstić information content (AvgIpc) is 3.08. The SMILES string of the molecule is Cc1cccc(-c2ccc(CCC(=O)N3CCCC3)cc2)c1. The third-order valence-electron chi connectivity index (χ3n) is 4.39. The van der Waals surface area contributed by atoms with Crippen molar-refractivity contribution in [2.75, 3.05) is 13.1 Å². The fourth-order valence-electron chi connectivity index (χ4n) is 3.06. The van der Waals surface area contributed by atoms with Crippen LogP contribution in [0.25, 0.3) is 11.1 Å². The summed E-state index contributed by atoms with van der Waals surface area (Å²) in [6, 6.07) is 17.2. The van der Waals surface area contributed by atoms with Crippen molar-refractivity contribution in [2.24, 2.45) is 0 Å². The van der Waals surface area contributed by atoms with Crippen LogP contribution in [0, 0.1) is 6.92 Å². The summed E-state index contributed by atoms with van der Waals surface area (Å²) in [5.41, 5.74) is 5.00. The molecule has 0 radical (unpaired) electrons. The molecule has 2 nitrogen and oxygen atoms in total. The van der Waals surface area contributed by atoms with E-state index in [0.29, 0.717) is 12.3 Å². The molecule has 0 aliphatic carbocycles. The van der Waals surface area contributed by atoms with Gasteiger partial charge in [-0.05, 0) is 42.9 Å². The van der Waals surface area contributed by atoms with Crippen LogP contribution in [0.4, 0.5) is 0 Å². The molecule has 22 heavy (non-hydrogen) atoms. The van der Waals surface area contributed by atoms with Gasteiger partial charge in [0.15, 0.2) is 0 Å². The number of hydrogen-bond acceptors (Lipinski definition) is 1. The highest BCUT2D eigenvalue weighted by molar-refractivity contribution is 5.76. The van der Waals surface area contributed by atoms with Crippen LogP contribution in [-0.2, 0) is 11.2 Å². The Kier molecular flexibility index (Phi) is 4.57. The summed E-state index contributed by atoms with van der Waals surface area (Å²) in [5.74, 6) is 0.306. The molecule has 0 saturated carbocycles. The molecule has 2 aromatic carbocycles. The minimum absolute atomic E-state index is 0.306. The van der Waals surface area contributed by atoms with Crippen LogP contribution in [0.1, 0.15) is 30.4 Å². The quantitative estimate of drug-likeness (QED) is 0.826. The van der Waals surface area contributed by atoms with Gasteiger partial charge in [-0.15, -0.1) is 0 Å². The smallest absolute Gasteiger partial charge is 0.222 e. The van der Waals surface area contributed by atoms with Gasteiger partial charge in [-0.25, -0.2) is 0 Å². The molecule has 1 saturated heterocycles. The number of aryl methyl sites for hydroxylation is 2. The lowest BCUT2D eigenvalue weighted by Gasteiger charge is -2.15. The summed E-state index contributed by atoms with van der Waals surface area (Å²) < 4.78 is 0. The summed E-state index contributed by atoms with van der Waals surface area (Å²) in [7, 11) is 0. The van der Waals surface area contributed by atoms with E-state index < -0.39 is 0 Å². The van der Waals surface area contributed by atoms with Crippen molar-refractivity contribution in [3.63, 3.8) is 0 Å². The Hall–Kier alpha value is -2.09. The maximum Gasteiger partial charge on any atom is 0.222 e. The Balaban J connectivity index is 1.60. The van der Waals surface area contributed by atoms with E-state index in [1.165, 1.54) is 22.3 Å². The van der Waals surface area contributed by atoms with Crippen molar-refractivity contribution < 1.29 is 4.79 Å². The zero-order chi connectivity index (χ0) is 15.4. The number of rotatable bonds is 4. The maximum absolute atomic E-state index is 12.1. The van der Waals surface area contributed by atoms with Crippen molar-refractivity contribution in [3.05, 3.63) is 59.7 Å². The molecular formula is C20H23NO. The van der Waals surface area contributed by atoms with E-state index in [1.807, 2.05) is 4.90 Å². The van der Waals surface area contributed by atoms with Crippen molar-refractivity contribution >= 4 is 5.91 Å². The Bertz CT molecular complexity index is 639. The van der Waals surface area contributed by atoms with E-state index in [-0.39, 0.29) is 0 Å². The van der Waals surface area contributed by atoms with E-state index in [4.69, 9.17) is 0 Å². The standard InChI is InChI=1S/C20H23NO/c1-16-5-4-6-19(15-16)18-10-7-17(8-11-18)9-12-20(22)21-13-2-3-14-21/h4-8,10-11,15H,2-3,9,12-14H2,1H3. The lowest BCUT2D eigenvalue weighted by atomic mass is 10.0. The van der Waals surface area contributed by atoms with Gasteiger partial charge in [0.05, 0.1) is 0 Å². The van der Waals surface area contributed by atoms with Crippen LogP contribution in [0.15, 0.2) is 48.5 Å². The van der Waals surface area contributed by atoms with Crippen molar-refractivity contribution in [1.29, 1.82) is 0 Å². The first kappa shape index (κ1) is 14.8. The molecule has 1 aliphatic rings. The monoisotopic (exact) mass is 293 g/mol. The van der Waals surface area contributed by atoms with E-state index in [2.05, 4.69) is 55.5 Å². The van der Waals surface area contributed by atoms with Crippen molar-refractivity contribution in [3.8, 4) is 11.1 Å². The second-order valence-electron chi connectivity index (χ2n) is 6.15. The molecule has 0 aromatic heterocycles. The molecule has 1 heterocycles. The highest BCUT2D eigenvalue weighted by Crippen LogP contribution is 2.21. The molecule has 0 bridgehead atoms. The summed E-state index contributed by atoms with van der Waals surface area (Å²) in [5, 5.41) is 0. The second-order valence-corrected chi connectivity index (χ2v) is 6.15. The number of carbonyl (C=O) groups is 1. The van der Waals surface area contributed by atoms with Crippen molar-refractivity contribution in [2.45, 2.75) is 32.6 Å². The minimum Gasteiger partial charge on any atom is -0.343 e. The Labute approximate surface area is 132 Å². The molecule has 0 unspecified atom stereocenters. The second kappa shape index (κ2) is 6.78. The minimum atomic E-state index is 0.306. The molecule has 0 atom stereocenters. The van der Waals surface area contributed by atoms with Crippen LogP contribution in [-0.4, -0.2) is 23.9 Å². The van der Waals surface area contributed by atoms with Gasteiger partial charge in [0.25, 0.3) is 0 Å². The number of benzene rings is 2. The summed E-state index contributed by atoms with van der Waals surface area (Å²) in [6.07, 6.45) is 3.79. The summed E-state index contributed by atoms with van der Waals surface area (Å²) >= 11 is 0. The van der Waals surface area contributed by atoms with Gasteiger partial charge in [0.2, 0.25) is 5.91 Å². The van der Waals surface area contributed by atoms with Gasteiger partial charge >= 0.3 is 0 Å². The molecule has 2 aromatic rings. The third-order valence-corrected chi connectivity index (χ3v) is 4.39. The van der Waals surface area contributed by atoms with Crippen molar-refractivity contribution in [1.82, 2.24) is 4.90 Å². The van der Waals surface area contributed by atoms with Crippen LogP contribution < -0.4 is 0 Å². The van der Waals surface area contributed by atoms with E-state index >= 15 is 0 Å². The Morgan fingerprint density at radius 1 is 1.00 bits per heavy atom. The molecule has 114 valence electrons. The third kappa shape index (κ3) is 3.56. The van der Waals surface area contributed by atoms with Gasteiger partial charge in [-0.1, -0.05) is 54.1 Å². The molecule has 3 rings (SSSR count). The number of hydrogen-bond donors (Lipinski definition) is 0. The molecule has 1 fully saturated rings. The first-order chi connectivity index (χ1) is 10.7. The van der Waals surface area contributed by atoms with Crippen LogP contribution >= 0.6 is 0 Å². The van der Waals surface area contributed by atoms with Gasteiger partial charge < -0.3 is 4.90 Å². The van der Waals surface area contributed by atoms with E-state index in [9.17, 15) is 4.79 Å². The lowest BCUT2D eigenvalue weighted by Crippen LogP contribution is -2.27. The average molecular weight is 293 g/mol. The Morgan fingerprint density at radius 2 is 1.73 bits per heavy atom. The first-order valence-electron chi connectivity index (χ1n) is 8.16. The molecule has 2 heteroatoms. The molecule has 1 aliphatic heterocycles. The largest absolute Gasteiger partial charge is 0.343 e. The topological polar surface area (TPSA) is 20.3 Å².